The summed E-state index contributed by atoms with van der Waals surface area (Å²) < 4.78 is 23.0. The molecule has 0 radical (unpaired) electrons. The Bertz CT molecular complexity index is 506. The lowest BCUT2D eigenvalue weighted by Crippen LogP contribution is -2.42. The molecule has 0 aromatic carbocycles. The Morgan fingerprint density at radius 2 is 1.65 bits per heavy atom. The van der Waals surface area contributed by atoms with Gasteiger partial charge in [-0.15, -0.1) is 0 Å². The van der Waals surface area contributed by atoms with Crippen LogP contribution in [0.15, 0.2) is 0 Å². The minimum absolute atomic E-state index is 0.111. The summed E-state index contributed by atoms with van der Waals surface area (Å²) in [6.07, 6.45) is 0.667. The first-order valence-corrected chi connectivity index (χ1v) is 7.56. The second-order valence-corrected chi connectivity index (χ2v) is 7.79. The number of rotatable bonds is 1. The van der Waals surface area contributed by atoms with Crippen LogP contribution < -0.4 is 0 Å². The Morgan fingerprint density at radius 1 is 1.18 bits per heavy atom. The fourth-order valence-electron chi connectivity index (χ4n) is 4.08. The van der Waals surface area contributed by atoms with Gasteiger partial charge in [0.05, 0.1) is 17.6 Å². The number of carboxylic acid groups (broad SMARTS) is 1. The van der Waals surface area contributed by atoms with E-state index in [2.05, 4.69) is 0 Å². The van der Waals surface area contributed by atoms with Crippen LogP contribution in [0.2, 0.25) is 0 Å². The third-order valence-electron chi connectivity index (χ3n) is 4.88. The smallest absolute Gasteiger partial charge is 0.324 e. The molecule has 0 amide bonds. The first-order chi connectivity index (χ1) is 7.88. The highest BCUT2D eigenvalue weighted by Gasteiger charge is 2.65. The van der Waals surface area contributed by atoms with Crippen LogP contribution in [0.1, 0.15) is 12.8 Å². The van der Waals surface area contributed by atoms with E-state index < -0.39 is 21.2 Å². The summed E-state index contributed by atoms with van der Waals surface area (Å²) in [5.74, 6) is -0.171. The standard InChI is InChI=1S/C11H13NO4S/c12-5-11(10(13)14)1-6-7(2-11)9-4-17(15,16)3-8(6)9/h6-9H,1-4H2,(H,13,14)/t6-,7-,8-,9-/m0/s1. The number of fused-ring (bicyclic) bond motifs is 4. The summed E-state index contributed by atoms with van der Waals surface area (Å²) in [7, 11) is -2.92. The van der Waals surface area contributed by atoms with Crippen LogP contribution in [0, 0.1) is 40.4 Å². The average Bonchev–Trinajstić information content (AvgIpc) is 2.73. The second kappa shape index (κ2) is 3.02. The van der Waals surface area contributed by atoms with Gasteiger partial charge in [-0.25, -0.2) is 8.42 Å². The Labute approximate surface area is 99.3 Å². The summed E-state index contributed by atoms with van der Waals surface area (Å²) in [4.78, 5) is 11.2. The number of nitrogens with zero attached hydrogens (tertiary/aromatic N) is 1. The molecule has 17 heavy (non-hydrogen) atoms. The van der Waals surface area contributed by atoms with E-state index in [4.69, 9.17) is 10.4 Å². The molecule has 1 N–H and O–H groups in total. The molecule has 1 aliphatic heterocycles. The van der Waals surface area contributed by atoms with Gasteiger partial charge in [0, 0.05) is 0 Å². The van der Waals surface area contributed by atoms with Crippen LogP contribution in [0.25, 0.3) is 0 Å². The first-order valence-electron chi connectivity index (χ1n) is 5.74. The van der Waals surface area contributed by atoms with Crippen molar-refractivity contribution in [3.63, 3.8) is 0 Å². The molecule has 0 aromatic rings. The van der Waals surface area contributed by atoms with E-state index in [1.165, 1.54) is 0 Å². The molecule has 2 saturated carbocycles. The van der Waals surface area contributed by atoms with E-state index in [1.807, 2.05) is 6.07 Å². The Hall–Kier alpha value is -1.09. The molecule has 3 aliphatic rings. The highest BCUT2D eigenvalue weighted by Crippen LogP contribution is 2.63. The third kappa shape index (κ3) is 1.29. The molecule has 0 aromatic heterocycles. The lowest BCUT2D eigenvalue weighted by atomic mass is 9.60. The van der Waals surface area contributed by atoms with Crippen molar-refractivity contribution >= 4 is 15.8 Å². The lowest BCUT2D eigenvalue weighted by molar-refractivity contribution is -0.145. The second-order valence-electron chi connectivity index (χ2n) is 5.64. The van der Waals surface area contributed by atoms with E-state index in [0.717, 1.165) is 0 Å². The fraction of sp³-hybridized carbons (Fsp3) is 0.818. The molecule has 0 unspecified atom stereocenters. The maximum absolute atomic E-state index is 11.5. The minimum Gasteiger partial charge on any atom is -0.480 e. The zero-order valence-electron chi connectivity index (χ0n) is 9.17. The normalized spacial score (nSPS) is 49.8. The topological polar surface area (TPSA) is 95.2 Å². The van der Waals surface area contributed by atoms with Crippen molar-refractivity contribution < 1.29 is 18.3 Å². The lowest BCUT2D eigenvalue weighted by Gasteiger charge is -2.43. The maximum atomic E-state index is 11.5. The van der Waals surface area contributed by atoms with Gasteiger partial charge in [0.2, 0.25) is 0 Å². The number of sulfone groups is 1. The van der Waals surface area contributed by atoms with Gasteiger partial charge in [-0.3, -0.25) is 4.79 Å². The quantitative estimate of drug-likeness (QED) is 0.726. The zero-order valence-corrected chi connectivity index (χ0v) is 9.98. The summed E-state index contributed by atoms with van der Waals surface area (Å²) in [5.41, 5.74) is -1.26. The number of carboxylic acids is 1. The number of aliphatic carboxylic acids is 1. The molecular formula is C11H13NO4S. The monoisotopic (exact) mass is 255 g/mol. The first kappa shape index (κ1) is 11.0. The molecular weight excluding hydrogens is 242 g/mol. The molecule has 1 heterocycles. The molecule has 3 rings (SSSR count). The fourth-order valence-corrected chi connectivity index (χ4v) is 6.38. The van der Waals surface area contributed by atoms with E-state index in [9.17, 15) is 13.2 Å². The van der Waals surface area contributed by atoms with Gasteiger partial charge in [-0.2, -0.15) is 5.26 Å². The van der Waals surface area contributed by atoms with Gasteiger partial charge >= 0.3 is 5.97 Å². The van der Waals surface area contributed by atoms with Gasteiger partial charge in [-0.1, -0.05) is 0 Å². The van der Waals surface area contributed by atoms with Crippen molar-refractivity contribution in [1.82, 2.24) is 0 Å². The number of nitriles is 1. The Morgan fingerprint density at radius 3 is 2.00 bits per heavy atom. The van der Waals surface area contributed by atoms with Crippen molar-refractivity contribution in [2.24, 2.45) is 29.1 Å². The summed E-state index contributed by atoms with van der Waals surface area (Å²) in [6, 6.07) is 1.94. The minimum atomic E-state index is -2.92. The van der Waals surface area contributed by atoms with Crippen molar-refractivity contribution in [1.29, 1.82) is 5.26 Å². The molecule has 2 aliphatic carbocycles. The van der Waals surface area contributed by atoms with E-state index in [-0.39, 0.29) is 35.2 Å². The molecule has 1 saturated heterocycles. The van der Waals surface area contributed by atoms with Crippen LogP contribution in [-0.2, 0) is 14.6 Å². The third-order valence-corrected chi connectivity index (χ3v) is 6.67. The average molecular weight is 255 g/mol. The van der Waals surface area contributed by atoms with Crippen molar-refractivity contribution in [3.8, 4) is 6.07 Å². The van der Waals surface area contributed by atoms with Crippen molar-refractivity contribution in [2.75, 3.05) is 11.5 Å². The Kier molecular flexibility index (Phi) is 1.96. The largest absolute Gasteiger partial charge is 0.480 e. The predicted molar refractivity (Wildman–Crippen MR) is 57.5 cm³/mol. The van der Waals surface area contributed by atoms with E-state index in [1.54, 1.807) is 0 Å². The van der Waals surface area contributed by atoms with Crippen LogP contribution in [-0.4, -0.2) is 31.0 Å². The van der Waals surface area contributed by atoms with Crippen LogP contribution >= 0.6 is 0 Å². The molecule has 92 valence electrons. The highest BCUT2D eigenvalue weighted by atomic mass is 32.2. The van der Waals surface area contributed by atoms with Gasteiger partial charge in [-0.05, 0) is 36.5 Å². The molecule has 4 atom stereocenters. The molecule has 0 bridgehead atoms. The van der Waals surface area contributed by atoms with Crippen LogP contribution in [0.4, 0.5) is 0 Å². The number of hydrogen-bond acceptors (Lipinski definition) is 4. The van der Waals surface area contributed by atoms with Gasteiger partial charge in [0.1, 0.15) is 0 Å². The van der Waals surface area contributed by atoms with Gasteiger partial charge < -0.3 is 5.11 Å². The van der Waals surface area contributed by atoms with Crippen molar-refractivity contribution in [2.45, 2.75) is 12.8 Å². The predicted octanol–water partition coefficient (Wildman–Crippen LogP) is 0.282. The van der Waals surface area contributed by atoms with Gasteiger partial charge in [0.25, 0.3) is 0 Å². The summed E-state index contributed by atoms with van der Waals surface area (Å²) >= 11 is 0. The Balaban J connectivity index is 1.86. The molecule has 5 nitrogen and oxygen atoms in total. The summed E-state index contributed by atoms with van der Waals surface area (Å²) in [5, 5.41) is 18.2. The van der Waals surface area contributed by atoms with Crippen LogP contribution in [0.5, 0.6) is 0 Å². The molecule has 6 heteroatoms. The zero-order chi connectivity index (χ0) is 12.4. The molecule has 0 spiro atoms. The maximum Gasteiger partial charge on any atom is 0.324 e. The molecule has 3 fully saturated rings. The highest BCUT2D eigenvalue weighted by molar-refractivity contribution is 7.91. The SMILES string of the molecule is N#CC1(C(=O)O)C[C@H]2[C@H](C1)[C@@H]1CS(=O)(=O)C[C@@H]21. The summed E-state index contributed by atoms with van der Waals surface area (Å²) in [6.45, 7) is 0. The van der Waals surface area contributed by atoms with Crippen molar-refractivity contribution in [3.05, 3.63) is 0 Å². The van der Waals surface area contributed by atoms with Crippen LogP contribution in [0.3, 0.4) is 0 Å². The number of hydrogen-bond donors (Lipinski definition) is 1. The van der Waals surface area contributed by atoms with E-state index in [0.29, 0.717) is 12.8 Å². The van der Waals surface area contributed by atoms with E-state index >= 15 is 0 Å². The van der Waals surface area contributed by atoms with Gasteiger partial charge in [0.15, 0.2) is 15.3 Å². The number of carbonyl (C=O) groups is 1.